The highest BCUT2D eigenvalue weighted by Gasteiger charge is 2.38. The van der Waals surface area contributed by atoms with Gasteiger partial charge in [0.05, 0.1) is 12.7 Å². The third kappa shape index (κ3) is 5.18. The number of aliphatic hydroxyl groups is 1. The molecule has 2 rings (SSSR count). The van der Waals surface area contributed by atoms with Gasteiger partial charge in [0.25, 0.3) is 5.56 Å². The van der Waals surface area contributed by atoms with Crippen LogP contribution in [0.1, 0.15) is 12.6 Å². The number of nitrogens with zero attached hydrogens (tertiary/aromatic N) is 1. The standard InChI is InChI=1S/C9H15N3O10P2/c10-23(16,17)22-24(18,19)20-4-6-5(13)3-8(21-6)12-2-1-7(14)11-9(12)15/h1-2,5-6,8,13H,3-4H2,(H,18,19)(H3,10,16,17)(H,11,14,15)/t5-,6+,8+/m0/s1. The SMILES string of the molecule is N=P(O)(O)OP(=O)(O)OC[C@H]1O[C@@H](n2ccc(=O)[nH]c2=O)C[C@@H]1O. The predicted octanol–water partition coefficient (Wildman–Crippen LogP) is -1.17. The molecule has 0 radical (unpaired) electrons. The lowest BCUT2D eigenvalue weighted by Crippen LogP contribution is -2.31. The Morgan fingerprint density at radius 1 is 1.42 bits per heavy atom. The lowest BCUT2D eigenvalue weighted by molar-refractivity contribution is -0.0448. The Kier molecular flexibility index (Phi) is 5.60. The van der Waals surface area contributed by atoms with Crippen LogP contribution in [0.4, 0.5) is 0 Å². The first-order chi connectivity index (χ1) is 11.0. The zero-order valence-corrected chi connectivity index (χ0v) is 13.7. The van der Waals surface area contributed by atoms with Gasteiger partial charge in [-0.15, -0.1) is 0 Å². The van der Waals surface area contributed by atoms with E-state index in [9.17, 15) is 24.2 Å². The van der Waals surface area contributed by atoms with Crippen molar-refractivity contribution in [3.05, 3.63) is 33.1 Å². The summed E-state index contributed by atoms with van der Waals surface area (Å²) in [5, 5.41) is 16.5. The number of H-pyrrole nitrogens is 1. The van der Waals surface area contributed by atoms with Crippen LogP contribution in [-0.2, 0) is 18.1 Å². The second-order valence-electron chi connectivity index (χ2n) is 4.84. The van der Waals surface area contributed by atoms with Crippen molar-refractivity contribution < 1.29 is 37.9 Å². The minimum absolute atomic E-state index is 0.0635. The van der Waals surface area contributed by atoms with Crippen molar-refractivity contribution in [2.45, 2.75) is 24.9 Å². The summed E-state index contributed by atoms with van der Waals surface area (Å²) in [6.45, 7) is -0.677. The van der Waals surface area contributed by atoms with Gasteiger partial charge in [-0.2, -0.15) is 0 Å². The zero-order valence-electron chi connectivity index (χ0n) is 11.9. The summed E-state index contributed by atoms with van der Waals surface area (Å²) in [4.78, 5) is 51.3. The Labute approximate surface area is 133 Å². The number of hydrogen-bond acceptors (Lipinski definition) is 8. The van der Waals surface area contributed by atoms with E-state index in [0.717, 1.165) is 16.8 Å². The molecule has 6 N–H and O–H groups in total. The lowest BCUT2D eigenvalue weighted by atomic mass is 10.2. The highest BCUT2D eigenvalue weighted by atomic mass is 31.3. The van der Waals surface area contributed by atoms with Crippen LogP contribution >= 0.6 is 15.6 Å². The van der Waals surface area contributed by atoms with Crippen molar-refractivity contribution >= 4 is 15.6 Å². The van der Waals surface area contributed by atoms with Crippen LogP contribution in [0.3, 0.4) is 0 Å². The molecule has 0 spiro atoms. The van der Waals surface area contributed by atoms with Gasteiger partial charge in [-0.1, -0.05) is 0 Å². The summed E-state index contributed by atoms with van der Waals surface area (Å²) < 4.78 is 26.0. The quantitative estimate of drug-likeness (QED) is 0.323. The molecule has 1 aromatic heterocycles. The van der Waals surface area contributed by atoms with E-state index >= 15 is 0 Å². The van der Waals surface area contributed by atoms with Gasteiger partial charge >= 0.3 is 21.2 Å². The second-order valence-corrected chi connectivity index (χ2v) is 7.78. The Morgan fingerprint density at radius 3 is 2.67 bits per heavy atom. The highest BCUT2D eigenvalue weighted by Crippen LogP contribution is 2.58. The lowest BCUT2D eigenvalue weighted by Gasteiger charge is -2.18. The Hall–Kier alpha value is -1.14. The van der Waals surface area contributed by atoms with Gasteiger partial charge in [-0.25, -0.2) is 18.8 Å². The van der Waals surface area contributed by atoms with E-state index in [1.54, 1.807) is 0 Å². The van der Waals surface area contributed by atoms with E-state index in [4.69, 9.17) is 19.7 Å². The predicted molar refractivity (Wildman–Crippen MR) is 76.8 cm³/mol. The van der Waals surface area contributed by atoms with E-state index in [-0.39, 0.29) is 6.42 Å². The summed E-state index contributed by atoms with van der Waals surface area (Å²) in [6, 6.07) is 1.08. The van der Waals surface area contributed by atoms with Crippen molar-refractivity contribution in [2.75, 3.05) is 6.61 Å². The summed E-state index contributed by atoms with van der Waals surface area (Å²) in [6.07, 6.45) is -2.15. The minimum Gasteiger partial charge on any atom is -0.390 e. The molecule has 1 aliphatic rings. The van der Waals surface area contributed by atoms with Gasteiger partial charge in [0.1, 0.15) is 12.3 Å². The molecule has 15 heteroatoms. The fourth-order valence-corrected chi connectivity index (χ4v) is 3.70. The molecule has 0 aromatic carbocycles. The third-order valence-electron chi connectivity index (χ3n) is 2.98. The molecule has 13 nitrogen and oxygen atoms in total. The smallest absolute Gasteiger partial charge is 0.390 e. The monoisotopic (exact) mass is 387 g/mol. The number of rotatable bonds is 6. The van der Waals surface area contributed by atoms with Crippen LogP contribution in [0.2, 0.25) is 0 Å². The second kappa shape index (κ2) is 7.00. The Bertz CT molecular complexity index is 799. The maximum Gasteiger partial charge on any atom is 0.480 e. The molecule has 1 saturated heterocycles. The fourth-order valence-electron chi connectivity index (χ4n) is 2.03. The number of aromatic nitrogens is 2. The van der Waals surface area contributed by atoms with Gasteiger partial charge < -0.3 is 24.5 Å². The van der Waals surface area contributed by atoms with Crippen LogP contribution in [0.25, 0.3) is 0 Å². The fraction of sp³-hybridized carbons (Fsp3) is 0.556. The van der Waals surface area contributed by atoms with Crippen LogP contribution < -0.4 is 11.2 Å². The van der Waals surface area contributed by atoms with Crippen molar-refractivity contribution in [1.29, 1.82) is 5.16 Å². The molecule has 2 heterocycles. The average molecular weight is 387 g/mol. The van der Waals surface area contributed by atoms with Gasteiger partial charge in [-0.3, -0.25) is 18.9 Å². The number of aliphatic hydroxyl groups excluding tert-OH is 1. The van der Waals surface area contributed by atoms with Gasteiger partial charge in [0.15, 0.2) is 0 Å². The summed E-state index contributed by atoms with van der Waals surface area (Å²) in [7, 11) is -9.70. The molecule has 4 atom stereocenters. The molecule has 1 unspecified atom stereocenters. The van der Waals surface area contributed by atoms with Gasteiger partial charge in [0, 0.05) is 18.7 Å². The number of ether oxygens (including phenoxy) is 1. The van der Waals surface area contributed by atoms with E-state index < -0.39 is 51.8 Å². The van der Waals surface area contributed by atoms with Gasteiger partial charge in [-0.05, 0) is 0 Å². The van der Waals surface area contributed by atoms with Crippen molar-refractivity contribution in [2.24, 2.45) is 0 Å². The maximum absolute atomic E-state index is 11.7. The number of hydrogen-bond donors (Lipinski definition) is 6. The van der Waals surface area contributed by atoms with Crippen molar-refractivity contribution in [1.82, 2.24) is 9.55 Å². The maximum atomic E-state index is 11.7. The number of nitrogens with one attached hydrogen (secondary N) is 2. The topological polar surface area (TPSA) is 204 Å². The van der Waals surface area contributed by atoms with Crippen LogP contribution in [-0.4, -0.2) is 48.2 Å². The number of aromatic amines is 1. The molecular formula is C9H15N3O10P2. The number of phosphoric ester groups is 1. The molecular weight excluding hydrogens is 372 g/mol. The molecule has 136 valence electrons. The van der Waals surface area contributed by atoms with Gasteiger partial charge in [0.2, 0.25) is 0 Å². The first-order valence-electron chi connectivity index (χ1n) is 6.40. The number of phosphoric acid groups is 1. The first-order valence-corrected chi connectivity index (χ1v) is 9.51. The molecule has 24 heavy (non-hydrogen) atoms. The molecule has 1 aliphatic heterocycles. The van der Waals surface area contributed by atoms with Crippen LogP contribution in [0, 0.1) is 5.16 Å². The van der Waals surface area contributed by atoms with E-state index in [0.29, 0.717) is 0 Å². The summed E-state index contributed by atoms with van der Waals surface area (Å²) in [5.41, 5.74) is -1.37. The largest absolute Gasteiger partial charge is 0.480 e. The van der Waals surface area contributed by atoms with Crippen LogP contribution in [0.15, 0.2) is 21.9 Å². The normalized spacial score (nSPS) is 27.1. The molecule has 0 saturated carbocycles. The Morgan fingerprint density at radius 2 is 2.08 bits per heavy atom. The molecule has 0 bridgehead atoms. The zero-order chi connectivity index (χ0) is 18.1. The summed E-state index contributed by atoms with van der Waals surface area (Å²) in [5.74, 6) is 0. The van der Waals surface area contributed by atoms with Crippen molar-refractivity contribution in [3.63, 3.8) is 0 Å². The van der Waals surface area contributed by atoms with Crippen LogP contribution in [0.5, 0.6) is 0 Å². The molecule has 1 aromatic rings. The molecule has 0 aliphatic carbocycles. The summed E-state index contributed by atoms with van der Waals surface area (Å²) >= 11 is 0. The van der Waals surface area contributed by atoms with Crippen molar-refractivity contribution in [3.8, 4) is 0 Å². The third-order valence-corrected chi connectivity index (χ3v) is 5.20. The van der Waals surface area contributed by atoms with E-state index in [1.807, 2.05) is 4.98 Å². The minimum atomic E-state index is -4.95. The van der Waals surface area contributed by atoms with E-state index in [2.05, 4.69) is 8.83 Å². The Balaban J connectivity index is 2.01. The highest BCUT2D eigenvalue weighted by molar-refractivity contribution is 7.61. The van der Waals surface area contributed by atoms with E-state index in [1.165, 1.54) is 0 Å². The molecule has 0 amide bonds. The molecule has 1 fully saturated rings. The first kappa shape index (κ1) is 19.2. The average Bonchev–Trinajstić information content (AvgIpc) is 2.75.